The zero-order valence-electron chi connectivity index (χ0n) is 14.9. The van der Waals surface area contributed by atoms with E-state index in [0.717, 1.165) is 4.31 Å². The van der Waals surface area contributed by atoms with Crippen LogP contribution in [0.1, 0.15) is 13.8 Å². The van der Waals surface area contributed by atoms with Crippen LogP contribution in [0.5, 0.6) is 5.75 Å². The molecule has 0 radical (unpaired) electrons. The molecule has 0 fully saturated rings. The van der Waals surface area contributed by atoms with Gasteiger partial charge in [-0.2, -0.15) is 4.31 Å². The van der Waals surface area contributed by atoms with Crippen molar-refractivity contribution in [2.24, 2.45) is 0 Å². The number of nitrogens with one attached hydrogen (secondary N) is 1. The number of halogens is 2. The largest absolute Gasteiger partial charge is 0.494 e. The van der Waals surface area contributed by atoms with Gasteiger partial charge in [-0.15, -0.1) is 0 Å². The molecule has 0 unspecified atom stereocenters. The van der Waals surface area contributed by atoms with E-state index in [9.17, 15) is 17.6 Å². The van der Waals surface area contributed by atoms with Crippen molar-refractivity contribution in [2.75, 3.05) is 25.0 Å². The number of ether oxygens (including phenoxy) is 1. The van der Waals surface area contributed by atoms with Gasteiger partial charge in [0, 0.05) is 11.0 Å². The zero-order chi connectivity index (χ0) is 20.0. The van der Waals surface area contributed by atoms with Crippen LogP contribution in [0.15, 0.2) is 51.8 Å². The van der Waals surface area contributed by atoms with Gasteiger partial charge in [0.2, 0.25) is 15.9 Å². The van der Waals surface area contributed by atoms with E-state index in [4.69, 9.17) is 4.74 Å². The topological polar surface area (TPSA) is 75.7 Å². The van der Waals surface area contributed by atoms with E-state index in [1.807, 2.05) is 6.92 Å². The van der Waals surface area contributed by atoms with Crippen LogP contribution in [-0.4, -0.2) is 38.3 Å². The first-order valence-corrected chi connectivity index (χ1v) is 10.5. The number of carbonyl (C=O) groups is 1. The Balaban J connectivity index is 2.13. The normalized spacial score (nSPS) is 11.4. The molecule has 0 aliphatic rings. The van der Waals surface area contributed by atoms with Crippen molar-refractivity contribution in [3.63, 3.8) is 0 Å². The molecular formula is C18H20BrFN2O4S. The van der Waals surface area contributed by atoms with Crippen LogP contribution in [-0.2, 0) is 14.8 Å². The van der Waals surface area contributed by atoms with Crippen LogP contribution in [0, 0.1) is 5.82 Å². The standard InChI is InChI=1S/C18H20BrFN2O4S/c1-3-22(12-18(23)21-17-10-5-13(19)11-16(17)20)27(24,25)15-8-6-14(7-9-15)26-4-2/h5-11H,3-4,12H2,1-2H3,(H,21,23). The molecule has 6 nitrogen and oxygen atoms in total. The summed E-state index contributed by atoms with van der Waals surface area (Å²) in [6, 6.07) is 10.2. The van der Waals surface area contributed by atoms with Crippen molar-refractivity contribution in [2.45, 2.75) is 18.7 Å². The van der Waals surface area contributed by atoms with Gasteiger partial charge in [-0.05, 0) is 49.4 Å². The second kappa shape index (κ2) is 9.29. The molecule has 1 amide bonds. The fraction of sp³-hybridized carbons (Fsp3) is 0.278. The molecule has 0 atom stereocenters. The highest BCUT2D eigenvalue weighted by molar-refractivity contribution is 9.10. The van der Waals surface area contributed by atoms with E-state index < -0.39 is 28.3 Å². The van der Waals surface area contributed by atoms with E-state index in [0.29, 0.717) is 16.8 Å². The van der Waals surface area contributed by atoms with Crippen molar-refractivity contribution in [3.05, 3.63) is 52.8 Å². The molecule has 2 aromatic rings. The first-order valence-electron chi connectivity index (χ1n) is 8.25. The number of rotatable bonds is 8. The van der Waals surface area contributed by atoms with Gasteiger partial charge < -0.3 is 10.1 Å². The third kappa shape index (κ3) is 5.50. The quantitative estimate of drug-likeness (QED) is 0.654. The molecule has 2 rings (SSSR count). The second-order valence-electron chi connectivity index (χ2n) is 5.51. The highest BCUT2D eigenvalue weighted by Crippen LogP contribution is 2.21. The summed E-state index contributed by atoms with van der Waals surface area (Å²) in [5.41, 5.74) is -0.0160. The molecule has 1 N–H and O–H groups in total. The first-order chi connectivity index (χ1) is 12.8. The summed E-state index contributed by atoms with van der Waals surface area (Å²) >= 11 is 3.13. The van der Waals surface area contributed by atoms with Crippen molar-refractivity contribution < 1.29 is 22.3 Å². The SMILES string of the molecule is CCOc1ccc(S(=O)(=O)N(CC)CC(=O)Nc2ccc(Br)cc2F)cc1. The number of carbonyl (C=O) groups excluding carboxylic acids is 1. The maximum Gasteiger partial charge on any atom is 0.243 e. The summed E-state index contributed by atoms with van der Waals surface area (Å²) in [6.45, 7) is 3.59. The number of amides is 1. The Morgan fingerprint density at radius 3 is 2.41 bits per heavy atom. The Morgan fingerprint density at radius 2 is 1.85 bits per heavy atom. The minimum absolute atomic E-state index is 0.0160. The lowest BCUT2D eigenvalue weighted by molar-refractivity contribution is -0.116. The smallest absolute Gasteiger partial charge is 0.243 e. The zero-order valence-corrected chi connectivity index (χ0v) is 17.3. The Morgan fingerprint density at radius 1 is 1.19 bits per heavy atom. The van der Waals surface area contributed by atoms with Gasteiger partial charge in [-0.1, -0.05) is 22.9 Å². The van der Waals surface area contributed by atoms with Crippen molar-refractivity contribution >= 4 is 37.5 Å². The molecular weight excluding hydrogens is 439 g/mol. The lowest BCUT2D eigenvalue weighted by Crippen LogP contribution is -2.37. The molecule has 9 heteroatoms. The summed E-state index contributed by atoms with van der Waals surface area (Å²) in [4.78, 5) is 12.3. The molecule has 27 heavy (non-hydrogen) atoms. The fourth-order valence-corrected chi connectivity index (χ4v) is 4.07. The number of sulfonamides is 1. The van der Waals surface area contributed by atoms with E-state index >= 15 is 0 Å². The molecule has 2 aromatic carbocycles. The van der Waals surface area contributed by atoms with E-state index in [1.165, 1.54) is 24.3 Å². The molecule has 146 valence electrons. The molecule has 0 saturated carbocycles. The monoisotopic (exact) mass is 458 g/mol. The summed E-state index contributed by atoms with van der Waals surface area (Å²) < 4.78 is 46.2. The summed E-state index contributed by atoms with van der Waals surface area (Å²) in [5.74, 6) is -0.689. The van der Waals surface area contributed by atoms with Crippen LogP contribution in [0.2, 0.25) is 0 Å². The van der Waals surface area contributed by atoms with E-state index in [1.54, 1.807) is 25.1 Å². The van der Waals surface area contributed by atoms with Gasteiger partial charge in [0.15, 0.2) is 0 Å². The van der Waals surface area contributed by atoms with Crippen molar-refractivity contribution in [1.82, 2.24) is 4.31 Å². The van der Waals surface area contributed by atoms with E-state index in [2.05, 4.69) is 21.2 Å². The molecule has 0 bridgehead atoms. The highest BCUT2D eigenvalue weighted by Gasteiger charge is 2.25. The predicted molar refractivity (Wildman–Crippen MR) is 105 cm³/mol. The molecule has 0 aliphatic heterocycles. The van der Waals surface area contributed by atoms with Crippen LogP contribution in [0.4, 0.5) is 10.1 Å². The Bertz CT molecular complexity index is 904. The number of hydrogen-bond donors (Lipinski definition) is 1. The van der Waals surface area contributed by atoms with Crippen LogP contribution in [0.25, 0.3) is 0 Å². The van der Waals surface area contributed by atoms with E-state index in [-0.39, 0.29) is 17.1 Å². The lowest BCUT2D eigenvalue weighted by Gasteiger charge is -2.20. The highest BCUT2D eigenvalue weighted by atomic mass is 79.9. The molecule has 0 saturated heterocycles. The number of benzene rings is 2. The number of hydrogen-bond acceptors (Lipinski definition) is 4. The predicted octanol–water partition coefficient (Wildman–Crippen LogP) is 3.64. The molecule has 0 aromatic heterocycles. The van der Waals surface area contributed by atoms with Gasteiger partial charge in [-0.25, -0.2) is 12.8 Å². The number of likely N-dealkylation sites (N-methyl/N-ethyl adjacent to an activating group) is 1. The Kier molecular flexibility index (Phi) is 7.34. The number of anilines is 1. The molecule has 0 heterocycles. The average molecular weight is 459 g/mol. The second-order valence-corrected chi connectivity index (χ2v) is 8.36. The van der Waals surface area contributed by atoms with Crippen molar-refractivity contribution in [3.8, 4) is 5.75 Å². The van der Waals surface area contributed by atoms with Gasteiger partial charge in [-0.3, -0.25) is 4.79 Å². The summed E-state index contributed by atoms with van der Waals surface area (Å²) in [6.07, 6.45) is 0. The van der Waals surface area contributed by atoms with Crippen LogP contribution < -0.4 is 10.1 Å². The Hall–Kier alpha value is -1.97. The van der Waals surface area contributed by atoms with Crippen LogP contribution >= 0.6 is 15.9 Å². The lowest BCUT2D eigenvalue weighted by atomic mass is 10.3. The van der Waals surface area contributed by atoms with Crippen molar-refractivity contribution in [1.29, 1.82) is 0 Å². The van der Waals surface area contributed by atoms with Gasteiger partial charge in [0.1, 0.15) is 11.6 Å². The molecule has 0 aliphatic carbocycles. The minimum atomic E-state index is -3.87. The molecule has 0 spiro atoms. The maximum absolute atomic E-state index is 13.8. The summed E-state index contributed by atoms with van der Waals surface area (Å²) in [5, 5.41) is 2.39. The third-order valence-electron chi connectivity index (χ3n) is 3.65. The van der Waals surface area contributed by atoms with Gasteiger partial charge in [0.05, 0.1) is 23.7 Å². The maximum atomic E-state index is 13.8. The van der Waals surface area contributed by atoms with Crippen LogP contribution in [0.3, 0.4) is 0 Å². The average Bonchev–Trinajstić information content (AvgIpc) is 2.62. The van der Waals surface area contributed by atoms with Gasteiger partial charge in [0.25, 0.3) is 0 Å². The number of nitrogens with zero attached hydrogens (tertiary/aromatic N) is 1. The first kappa shape index (κ1) is 21.3. The van der Waals surface area contributed by atoms with Gasteiger partial charge >= 0.3 is 0 Å². The summed E-state index contributed by atoms with van der Waals surface area (Å²) in [7, 11) is -3.87. The fourth-order valence-electron chi connectivity index (χ4n) is 2.33. The minimum Gasteiger partial charge on any atom is -0.494 e. The Labute approximate surface area is 166 Å². The third-order valence-corrected chi connectivity index (χ3v) is 6.08.